The third kappa shape index (κ3) is 8.65. The third-order valence-electron chi connectivity index (χ3n) is 11.8. The van der Waals surface area contributed by atoms with E-state index in [1.165, 1.54) is 16.0 Å². The second-order valence-corrected chi connectivity index (χ2v) is 19.8. The first-order valence-corrected chi connectivity index (χ1v) is 21.1. The summed E-state index contributed by atoms with van der Waals surface area (Å²) in [6, 6.07) is 3.96. The Morgan fingerprint density at radius 3 is 2.41 bits per heavy atom. The molecule has 0 spiro atoms. The van der Waals surface area contributed by atoms with E-state index in [1.54, 1.807) is 25.7 Å². The van der Waals surface area contributed by atoms with Gasteiger partial charge in [-0.3, -0.25) is 19.1 Å². The number of benzene rings is 1. The standard InChI is InChI=1S/C39H57N5O9S/c1-7-26-20-39(26,34(47)42-54(50,51)28-14-15-28)41-32(45)30-19-27-21-44(30)33(46)31(37(2,3)4)40-35(48)52-23-38(5,6)17-9-8-11-24-12-10-13-25-16-18-43(22-29(24)25)36(49)53-27/h10,12-13,26-28,30-31H,7-9,11,14-23H2,1-6H3,(H,40,48)(H,41,45)(H,42,47)/t26-,27-,30+,31-,39-/m1/s1. The molecule has 1 saturated heterocycles. The average molecular weight is 772 g/mol. The number of nitrogens with zero attached hydrogens (tertiary/aromatic N) is 2. The molecule has 1 aromatic rings. The Hall–Kier alpha value is -3.88. The lowest BCUT2D eigenvalue weighted by molar-refractivity contribution is -0.143. The Morgan fingerprint density at radius 1 is 1.06 bits per heavy atom. The van der Waals surface area contributed by atoms with Gasteiger partial charge in [0.15, 0.2) is 0 Å². The van der Waals surface area contributed by atoms with E-state index in [1.807, 2.05) is 20.8 Å². The van der Waals surface area contributed by atoms with E-state index < -0.39 is 74.3 Å². The van der Waals surface area contributed by atoms with Crippen LogP contribution in [0.25, 0.3) is 0 Å². The highest BCUT2D eigenvalue weighted by molar-refractivity contribution is 7.91. The summed E-state index contributed by atoms with van der Waals surface area (Å²) in [5.41, 5.74) is 0.904. The van der Waals surface area contributed by atoms with E-state index in [9.17, 15) is 32.4 Å². The van der Waals surface area contributed by atoms with Crippen molar-refractivity contribution in [2.45, 2.75) is 141 Å². The van der Waals surface area contributed by atoms with Crippen LogP contribution in [0.4, 0.5) is 9.59 Å². The predicted molar refractivity (Wildman–Crippen MR) is 199 cm³/mol. The number of amides is 5. The Labute approximate surface area is 318 Å². The maximum Gasteiger partial charge on any atom is 0.410 e. The fourth-order valence-electron chi connectivity index (χ4n) is 8.15. The van der Waals surface area contributed by atoms with Crippen LogP contribution in [-0.4, -0.2) is 96.8 Å². The molecule has 6 rings (SSSR count). The van der Waals surface area contributed by atoms with E-state index in [4.69, 9.17) is 9.47 Å². The second kappa shape index (κ2) is 15.0. The van der Waals surface area contributed by atoms with E-state index in [0.29, 0.717) is 38.8 Å². The summed E-state index contributed by atoms with van der Waals surface area (Å²) >= 11 is 0. The normalized spacial score (nSPS) is 29.3. The number of alkyl carbamates (subject to hydrolysis) is 1. The first kappa shape index (κ1) is 39.8. The van der Waals surface area contributed by atoms with Crippen molar-refractivity contribution in [1.82, 2.24) is 25.2 Å². The number of hydrogen-bond donors (Lipinski definition) is 3. The van der Waals surface area contributed by atoms with Gasteiger partial charge in [-0.1, -0.05) is 72.6 Å². The summed E-state index contributed by atoms with van der Waals surface area (Å²) in [5, 5.41) is 4.96. The fraction of sp³-hybridized carbons (Fsp3) is 0.718. The van der Waals surface area contributed by atoms with Crippen molar-refractivity contribution >= 4 is 39.9 Å². The number of carbonyl (C=O) groups is 5. The number of sulfonamides is 1. The Bertz CT molecular complexity index is 1770. The minimum absolute atomic E-state index is 0.0522. The van der Waals surface area contributed by atoms with Crippen LogP contribution in [0.15, 0.2) is 18.2 Å². The molecule has 5 aliphatic rings. The molecule has 2 saturated carbocycles. The minimum Gasteiger partial charge on any atom is -0.449 e. The molecule has 0 aromatic heterocycles. The molecule has 1 aromatic carbocycles. The van der Waals surface area contributed by atoms with Gasteiger partial charge in [0.2, 0.25) is 21.8 Å². The smallest absolute Gasteiger partial charge is 0.410 e. The molecule has 14 nitrogen and oxygen atoms in total. The van der Waals surface area contributed by atoms with Gasteiger partial charge in [0.05, 0.1) is 18.4 Å². The van der Waals surface area contributed by atoms with Gasteiger partial charge in [-0.25, -0.2) is 18.0 Å². The molecular formula is C39H57N5O9S. The lowest BCUT2D eigenvalue weighted by Crippen LogP contribution is -2.60. The third-order valence-corrected chi connectivity index (χ3v) is 13.6. The zero-order valence-corrected chi connectivity index (χ0v) is 33.3. The van der Waals surface area contributed by atoms with Crippen LogP contribution in [0.5, 0.6) is 0 Å². The molecule has 3 N–H and O–H groups in total. The summed E-state index contributed by atoms with van der Waals surface area (Å²) in [6.07, 6.45) is 3.64. The average Bonchev–Trinajstić information content (AvgIpc) is 4.03. The number of fused-ring (bicyclic) bond motifs is 3. The van der Waals surface area contributed by atoms with Gasteiger partial charge < -0.3 is 29.9 Å². The molecule has 3 aliphatic heterocycles. The van der Waals surface area contributed by atoms with Crippen LogP contribution in [0, 0.1) is 16.7 Å². The van der Waals surface area contributed by atoms with Crippen molar-refractivity contribution in [3.05, 3.63) is 34.9 Å². The van der Waals surface area contributed by atoms with Gasteiger partial charge in [0.25, 0.3) is 5.91 Å². The highest BCUT2D eigenvalue weighted by Gasteiger charge is 2.62. The highest BCUT2D eigenvalue weighted by Crippen LogP contribution is 2.47. The molecule has 3 fully saturated rings. The van der Waals surface area contributed by atoms with Crippen molar-refractivity contribution < 1.29 is 41.9 Å². The molecule has 3 heterocycles. The molecule has 0 radical (unpaired) electrons. The lowest BCUT2D eigenvalue weighted by atomic mass is 9.85. The first-order chi connectivity index (χ1) is 25.3. The van der Waals surface area contributed by atoms with Gasteiger partial charge in [0, 0.05) is 19.5 Å². The van der Waals surface area contributed by atoms with Gasteiger partial charge in [-0.15, -0.1) is 0 Å². The number of ether oxygens (including phenoxy) is 2. The predicted octanol–water partition coefficient (Wildman–Crippen LogP) is 3.94. The van der Waals surface area contributed by atoms with E-state index in [0.717, 1.165) is 31.2 Å². The van der Waals surface area contributed by atoms with E-state index in [2.05, 4.69) is 33.6 Å². The van der Waals surface area contributed by atoms with Crippen LogP contribution in [0.1, 0.15) is 110 Å². The molecular weight excluding hydrogens is 715 g/mol. The van der Waals surface area contributed by atoms with Crippen LogP contribution >= 0.6 is 0 Å². The summed E-state index contributed by atoms with van der Waals surface area (Å²) < 4.78 is 39.4. The summed E-state index contributed by atoms with van der Waals surface area (Å²) in [5.74, 6) is -2.33. The van der Waals surface area contributed by atoms with Gasteiger partial charge in [-0.05, 0) is 78.4 Å². The second-order valence-electron chi connectivity index (χ2n) is 17.8. The molecule has 2 aliphatic carbocycles. The fourth-order valence-corrected chi connectivity index (χ4v) is 9.52. The topological polar surface area (TPSA) is 181 Å². The monoisotopic (exact) mass is 771 g/mol. The largest absolute Gasteiger partial charge is 0.449 e. The maximum atomic E-state index is 14.5. The minimum atomic E-state index is -3.88. The summed E-state index contributed by atoms with van der Waals surface area (Å²) in [4.78, 5) is 72.4. The van der Waals surface area contributed by atoms with Crippen molar-refractivity contribution in [3.63, 3.8) is 0 Å². The number of hydrogen-bond acceptors (Lipinski definition) is 9. The van der Waals surface area contributed by atoms with Gasteiger partial charge in [0.1, 0.15) is 23.7 Å². The lowest BCUT2D eigenvalue weighted by Gasteiger charge is -2.35. The molecule has 4 bridgehead atoms. The number of cyclic esters (lactones) is 1. The molecule has 54 heavy (non-hydrogen) atoms. The zero-order valence-electron chi connectivity index (χ0n) is 32.5. The molecule has 5 amide bonds. The summed E-state index contributed by atoms with van der Waals surface area (Å²) in [7, 11) is -3.88. The number of rotatable bonds is 6. The SMILES string of the molecule is CC[C@@H]1C[C@]1(NC(=O)[C@@H]1C[C@@H]2CN1C(=O)[C@H](C(C)(C)C)NC(=O)OCC(C)(C)CCCCc1cccc3c1CN(CC3)C(=O)O2)C(=O)NS(=O)(=O)C1CC1. The van der Waals surface area contributed by atoms with Crippen LogP contribution in [0.2, 0.25) is 0 Å². The van der Waals surface area contributed by atoms with Gasteiger partial charge in [-0.2, -0.15) is 0 Å². The molecule has 5 atom stereocenters. The van der Waals surface area contributed by atoms with E-state index in [-0.39, 0.29) is 37.3 Å². The van der Waals surface area contributed by atoms with Crippen LogP contribution in [-0.2, 0) is 53.3 Å². The quantitative estimate of drug-likeness (QED) is 0.386. The van der Waals surface area contributed by atoms with Crippen molar-refractivity contribution in [2.75, 3.05) is 19.7 Å². The van der Waals surface area contributed by atoms with Gasteiger partial charge >= 0.3 is 12.2 Å². The summed E-state index contributed by atoms with van der Waals surface area (Å²) in [6.45, 7) is 12.2. The number of carbonyl (C=O) groups excluding carboxylic acids is 5. The molecule has 298 valence electrons. The van der Waals surface area contributed by atoms with Crippen LogP contribution in [0.3, 0.4) is 0 Å². The van der Waals surface area contributed by atoms with Crippen molar-refractivity contribution in [3.8, 4) is 0 Å². The van der Waals surface area contributed by atoms with Crippen molar-refractivity contribution in [1.29, 1.82) is 0 Å². The number of aryl methyl sites for hydroxylation is 1. The Kier molecular flexibility index (Phi) is 11.0. The zero-order chi connectivity index (χ0) is 39.2. The Balaban J connectivity index is 1.28. The van der Waals surface area contributed by atoms with Crippen LogP contribution < -0.4 is 15.4 Å². The number of nitrogens with one attached hydrogen (secondary N) is 3. The van der Waals surface area contributed by atoms with E-state index >= 15 is 0 Å². The first-order valence-electron chi connectivity index (χ1n) is 19.5. The highest BCUT2D eigenvalue weighted by atomic mass is 32.2. The molecule has 15 heteroatoms. The van der Waals surface area contributed by atoms with Crippen molar-refractivity contribution in [2.24, 2.45) is 16.7 Å². The molecule has 0 unspecified atom stereocenters. The Morgan fingerprint density at radius 2 is 1.76 bits per heavy atom. The maximum absolute atomic E-state index is 14.5.